The lowest BCUT2D eigenvalue weighted by Gasteiger charge is -2.13. The maximum atomic E-state index is 12.0. The molecule has 0 aliphatic carbocycles. The number of aromatic nitrogens is 1. The predicted octanol–water partition coefficient (Wildman–Crippen LogP) is 2.71. The molecule has 0 atom stereocenters. The molecule has 1 rings (SSSR count). The van der Waals surface area contributed by atoms with E-state index in [0.29, 0.717) is 6.29 Å². The molecular formula is C8H5F3INO2. The Morgan fingerprint density at radius 3 is 2.60 bits per heavy atom. The number of pyridine rings is 1. The maximum absolute atomic E-state index is 12.0. The van der Waals surface area contributed by atoms with Crippen LogP contribution in [0.4, 0.5) is 13.2 Å². The van der Waals surface area contributed by atoms with Gasteiger partial charge in [0.1, 0.15) is 0 Å². The molecule has 3 nitrogen and oxygen atoms in total. The highest BCUT2D eigenvalue weighted by atomic mass is 127. The number of hydrogen-bond acceptors (Lipinski definition) is 3. The van der Waals surface area contributed by atoms with Gasteiger partial charge in [-0.1, -0.05) is 0 Å². The number of halogens is 4. The average Bonchev–Trinajstić information content (AvgIpc) is 2.11. The van der Waals surface area contributed by atoms with Crippen molar-refractivity contribution in [3.63, 3.8) is 0 Å². The van der Waals surface area contributed by atoms with Gasteiger partial charge in [-0.2, -0.15) is 0 Å². The average molecular weight is 331 g/mol. The van der Waals surface area contributed by atoms with Crippen LogP contribution in [0.1, 0.15) is 16.1 Å². The van der Waals surface area contributed by atoms with Crippen molar-refractivity contribution in [3.8, 4) is 5.75 Å². The molecule has 0 aliphatic rings. The van der Waals surface area contributed by atoms with E-state index in [2.05, 4.69) is 9.72 Å². The topological polar surface area (TPSA) is 39.2 Å². The maximum Gasteiger partial charge on any atom is 0.573 e. The monoisotopic (exact) mass is 331 g/mol. The van der Waals surface area contributed by atoms with Crippen molar-refractivity contribution >= 4 is 28.9 Å². The molecule has 0 saturated carbocycles. The third kappa shape index (κ3) is 3.05. The van der Waals surface area contributed by atoms with Crippen molar-refractivity contribution in [2.24, 2.45) is 0 Å². The minimum absolute atomic E-state index is 0.0699. The highest BCUT2D eigenvalue weighted by Crippen LogP contribution is 2.31. The summed E-state index contributed by atoms with van der Waals surface area (Å²) in [4.78, 5) is 14.1. The van der Waals surface area contributed by atoms with Crippen LogP contribution in [0.3, 0.4) is 0 Å². The second-order valence-electron chi connectivity index (χ2n) is 2.61. The Morgan fingerprint density at radius 1 is 1.53 bits per heavy atom. The molecular weight excluding hydrogens is 326 g/mol. The second kappa shape index (κ2) is 4.33. The van der Waals surface area contributed by atoms with E-state index in [1.165, 1.54) is 13.1 Å². The number of ether oxygens (including phenoxy) is 1. The van der Waals surface area contributed by atoms with E-state index >= 15 is 0 Å². The number of rotatable bonds is 2. The minimum atomic E-state index is -4.78. The van der Waals surface area contributed by atoms with Gasteiger partial charge in [0.15, 0.2) is 12.0 Å². The quantitative estimate of drug-likeness (QED) is 0.618. The van der Waals surface area contributed by atoms with Crippen molar-refractivity contribution in [1.29, 1.82) is 0 Å². The molecule has 0 aliphatic heterocycles. The van der Waals surface area contributed by atoms with E-state index in [-0.39, 0.29) is 14.8 Å². The lowest BCUT2D eigenvalue weighted by Crippen LogP contribution is -2.19. The summed E-state index contributed by atoms with van der Waals surface area (Å²) in [5.74, 6) is -0.423. The van der Waals surface area contributed by atoms with Crippen LogP contribution in [0.5, 0.6) is 5.75 Å². The van der Waals surface area contributed by atoms with E-state index in [4.69, 9.17) is 0 Å². The molecule has 0 bridgehead atoms. The predicted molar refractivity (Wildman–Crippen MR) is 53.8 cm³/mol. The number of aldehydes is 1. The first-order valence-corrected chi connectivity index (χ1v) is 4.79. The van der Waals surface area contributed by atoms with Crippen molar-refractivity contribution in [2.45, 2.75) is 13.3 Å². The Bertz CT molecular complexity index is 392. The molecule has 1 heterocycles. The Hall–Kier alpha value is -0.860. The van der Waals surface area contributed by atoms with Crippen LogP contribution < -0.4 is 4.74 Å². The number of nitrogens with zero attached hydrogens (tertiary/aromatic N) is 1. The number of carbonyl (C=O) groups excluding carboxylic acids is 1. The molecule has 82 valence electrons. The molecule has 0 saturated heterocycles. The highest BCUT2D eigenvalue weighted by molar-refractivity contribution is 14.1. The molecule has 7 heteroatoms. The zero-order valence-corrected chi connectivity index (χ0v) is 9.59. The van der Waals surface area contributed by atoms with Crippen LogP contribution in [-0.4, -0.2) is 17.6 Å². The summed E-state index contributed by atoms with van der Waals surface area (Å²) >= 11 is 1.61. The van der Waals surface area contributed by atoms with Crippen molar-refractivity contribution < 1.29 is 22.7 Å². The van der Waals surface area contributed by atoms with Crippen LogP contribution in [0.15, 0.2) is 6.20 Å². The fourth-order valence-corrected chi connectivity index (χ4v) is 1.65. The van der Waals surface area contributed by atoms with E-state index in [1.807, 2.05) is 0 Å². The Kier molecular flexibility index (Phi) is 3.53. The van der Waals surface area contributed by atoms with Gasteiger partial charge < -0.3 is 4.74 Å². The van der Waals surface area contributed by atoms with E-state index < -0.39 is 12.1 Å². The van der Waals surface area contributed by atoms with Crippen LogP contribution in [0.2, 0.25) is 0 Å². The summed E-state index contributed by atoms with van der Waals surface area (Å²) in [7, 11) is 0. The van der Waals surface area contributed by atoms with Crippen LogP contribution >= 0.6 is 22.6 Å². The molecule has 1 aromatic rings. The molecule has 0 aromatic carbocycles. The summed E-state index contributed by atoms with van der Waals surface area (Å²) in [5.41, 5.74) is 0.155. The van der Waals surface area contributed by atoms with Gasteiger partial charge in [0.25, 0.3) is 0 Å². The zero-order valence-electron chi connectivity index (χ0n) is 7.43. The van der Waals surface area contributed by atoms with E-state index in [1.54, 1.807) is 22.6 Å². The molecule has 0 fully saturated rings. The molecule has 0 radical (unpaired) electrons. The number of alkyl halides is 3. The van der Waals surface area contributed by atoms with Crippen LogP contribution in [0, 0.1) is 10.5 Å². The van der Waals surface area contributed by atoms with Gasteiger partial charge in [0.2, 0.25) is 0 Å². The van der Waals surface area contributed by atoms with Gasteiger partial charge >= 0.3 is 6.36 Å². The first-order chi connectivity index (χ1) is 6.85. The highest BCUT2D eigenvalue weighted by Gasteiger charge is 2.33. The largest absolute Gasteiger partial charge is 0.573 e. The van der Waals surface area contributed by atoms with E-state index in [0.717, 1.165) is 0 Å². The minimum Gasteiger partial charge on any atom is -0.403 e. The zero-order chi connectivity index (χ0) is 11.6. The Morgan fingerprint density at radius 2 is 2.13 bits per heavy atom. The lowest BCUT2D eigenvalue weighted by atomic mass is 10.2. The molecule has 1 aromatic heterocycles. The Labute approximate surface area is 96.8 Å². The SMILES string of the molecule is Cc1ncc(C=O)c(I)c1OC(F)(F)F. The number of carbonyl (C=O) groups is 1. The molecule has 0 unspecified atom stereocenters. The third-order valence-electron chi connectivity index (χ3n) is 1.52. The summed E-state index contributed by atoms with van der Waals surface area (Å²) in [6.45, 7) is 1.37. The van der Waals surface area contributed by atoms with Gasteiger partial charge in [-0.05, 0) is 29.5 Å². The summed E-state index contributed by atoms with van der Waals surface area (Å²) in [6, 6.07) is 0. The molecule has 0 spiro atoms. The van der Waals surface area contributed by atoms with Gasteiger partial charge in [-0.25, -0.2) is 0 Å². The summed E-state index contributed by atoms with van der Waals surface area (Å²) < 4.78 is 39.9. The number of aryl methyl sites for hydroxylation is 1. The standard InChI is InChI=1S/C8H5F3INO2/c1-4-7(15-8(9,10)11)6(12)5(3-14)2-13-4/h2-3H,1H3. The summed E-state index contributed by atoms with van der Waals surface area (Å²) in [5, 5.41) is 0. The first kappa shape index (κ1) is 12.2. The molecule has 0 amide bonds. The van der Waals surface area contributed by atoms with Gasteiger partial charge in [0.05, 0.1) is 9.26 Å². The first-order valence-electron chi connectivity index (χ1n) is 3.71. The fraction of sp³-hybridized carbons (Fsp3) is 0.250. The van der Waals surface area contributed by atoms with Crippen molar-refractivity contribution in [1.82, 2.24) is 4.98 Å². The number of hydrogen-bond donors (Lipinski definition) is 0. The normalized spacial score (nSPS) is 11.3. The van der Waals surface area contributed by atoms with E-state index in [9.17, 15) is 18.0 Å². The lowest BCUT2D eigenvalue weighted by molar-refractivity contribution is -0.275. The van der Waals surface area contributed by atoms with Crippen LogP contribution in [0.25, 0.3) is 0 Å². The second-order valence-corrected chi connectivity index (χ2v) is 3.69. The fourth-order valence-electron chi connectivity index (χ4n) is 0.888. The van der Waals surface area contributed by atoms with Gasteiger partial charge in [-0.3, -0.25) is 9.78 Å². The van der Waals surface area contributed by atoms with Crippen LogP contribution in [-0.2, 0) is 0 Å². The van der Waals surface area contributed by atoms with Crippen molar-refractivity contribution in [3.05, 3.63) is 21.0 Å². The molecule has 15 heavy (non-hydrogen) atoms. The summed E-state index contributed by atoms with van der Waals surface area (Å²) in [6.07, 6.45) is -3.15. The smallest absolute Gasteiger partial charge is 0.403 e. The van der Waals surface area contributed by atoms with Gasteiger partial charge in [-0.15, -0.1) is 13.2 Å². The van der Waals surface area contributed by atoms with Gasteiger partial charge in [0, 0.05) is 11.8 Å². The Balaban J connectivity index is 3.21. The van der Waals surface area contributed by atoms with Crippen molar-refractivity contribution in [2.75, 3.05) is 0 Å². The third-order valence-corrected chi connectivity index (χ3v) is 2.64. The molecule has 0 N–H and O–H groups in total.